The summed E-state index contributed by atoms with van der Waals surface area (Å²) in [5, 5.41) is 14.0. The van der Waals surface area contributed by atoms with Crippen LogP contribution in [0.25, 0.3) is 0 Å². The molecule has 0 aliphatic carbocycles. The second kappa shape index (κ2) is 7.60. The molecule has 0 saturated heterocycles. The van der Waals surface area contributed by atoms with Gasteiger partial charge < -0.3 is 16.3 Å². The average Bonchev–Trinajstić information content (AvgIpc) is 2.44. The van der Waals surface area contributed by atoms with Crippen molar-refractivity contribution < 1.29 is 18.4 Å². The second-order valence-corrected chi connectivity index (χ2v) is 6.17. The van der Waals surface area contributed by atoms with Crippen LogP contribution in [0.1, 0.15) is 22.3 Å². The summed E-state index contributed by atoms with van der Waals surface area (Å²) in [6, 6.07) is 6.24. The highest BCUT2D eigenvalue weighted by molar-refractivity contribution is 7.88. The van der Waals surface area contributed by atoms with Gasteiger partial charge in [0, 0.05) is 24.2 Å². The minimum absolute atomic E-state index is 0.0335. The summed E-state index contributed by atoms with van der Waals surface area (Å²) < 4.78 is 24.0. The fraction of sp³-hybridized carbons (Fsp3) is 0.333. The third-order valence-electron chi connectivity index (χ3n) is 2.55. The van der Waals surface area contributed by atoms with E-state index in [1.807, 2.05) is 0 Å². The Kier molecular flexibility index (Phi) is 6.12. The van der Waals surface area contributed by atoms with Crippen molar-refractivity contribution in [3.63, 3.8) is 0 Å². The highest BCUT2D eigenvalue weighted by Crippen LogP contribution is 2.04. The van der Waals surface area contributed by atoms with Crippen molar-refractivity contribution in [3.8, 4) is 0 Å². The minimum Gasteiger partial charge on any atom is -0.409 e. The second-order valence-electron chi connectivity index (χ2n) is 4.34. The number of nitrogens with zero attached hydrogens (tertiary/aromatic N) is 1. The lowest BCUT2D eigenvalue weighted by atomic mass is 10.1. The smallest absolute Gasteiger partial charge is 0.251 e. The van der Waals surface area contributed by atoms with E-state index >= 15 is 0 Å². The monoisotopic (exact) mass is 314 g/mol. The number of amides is 1. The zero-order chi connectivity index (χ0) is 15.9. The number of amidine groups is 1. The van der Waals surface area contributed by atoms with E-state index in [-0.39, 0.29) is 18.3 Å². The van der Waals surface area contributed by atoms with E-state index in [0.29, 0.717) is 24.1 Å². The zero-order valence-electron chi connectivity index (χ0n) is 11.5. The van der Waals surface area contributed by atoms with E-state index in [2.05, 4.69) is 15.2 Å². The number of benzene rings is 1. The number of hydrogen-bond donors (Lipinski definition) is 4. The molecule has 0 fully saturated rings. The topological polar surface area (TPSA) is 134 Å². The van der Waals surface area contributed by atoms with Crippen molar-refractivity contribution in [1.29, 1.82) is 0 Å². The summed E-state index contributed by atoms with van der Waals surface area (Å²) in [6.45, 7) is 0.616. The number of sulfonamides is 1. The number of rotatable bonds is 7. The van der Waals surface area contributed by atoms with Crippen LogP contribution in [-0.4, -0.2) is 44.7 Å². The first kappa shape index (κ1) is 16.9. The minimum atomic E-state index is -3.20. The van der Waals surface area contributed by atoms with Crippen LogP contribution >= 0.6 is 0 Å². The average molecular weight is 314 g/mol. The van der Waals surface area contributed by atoms with Crippen LogP contribution in [0, 0.1) is 0 Å². The van der Waals surface area contributed by atoms with Crippen molar-refractivity contribution >= 4 is 21.8 Å². The summed E-state index contributed by atoms with van der Waals surface area (Å²) in [5.41, 5.74) is 6.35. The molecule has 0 spiro atoms. The van der Waals surface area contributed by atoms with Crippen LogP contribution in [0.3, 0.4) is 0 Å². The van der Waals surface area contributed by atoms with Crippen LogP contribution in [0.4, 0.5) is 0 Å². The standard InChI is InChI=1S/C12H18N4O4S/c1-21(19,20)15-8-2-7-14-12(17)10-5-3-9(4-6-10)11(13)16-18/h3-6,15,18H,2,7-8H2,1H3,(H2,13,16)(H,14,17). The quantitative estimate of drug-likeness (QED) is 0.176. The molecule has 0 heterocycles. The Bertz CT molecular complexity index is 611. The fourth-order valence-corrected chi connectivity index (χ4v) is 2.02. The molecule has 1 rings (SSSR count). The van der Waals surface area contributed by atoms with Gasteiger partial charge in [-0.2, -0.15) is 0 Å². The number of carbonyl (C=O) groups is 1. The largest absolute Gasteiger partial charge is 0.409 e. The predicted octanol–water partition coefficient (Wildman–Crippen LogP) is -0.550. The molecular weight excluding hydrogens is 296 g/mol. The number of nitrogens with two attached hydrogens (primary N) is 1. The summed E-state index contributed by atoms with van der Waals surface area (Å²) in [4.78, 5) is 11.8. The van der Waals surface area contributed by atoms with Gasteiger partial charge in [0.25, 0.3) is 5.91 Å². The molecule has 1 amide bonds. The van der Waals surface area contributed by atoms with Crippen LogP contribution in [0.5, 0.6) is 0 Å². The summed E-state index contributed by atoms with van der Waals surface area (Å²) >= 11 is 0. The van der Waals surface area contributed by atoms with Gasteiger partial charge in [0.1, 0.15) is 0 Å². The van der Waals surface area contributed by atoms with Gasteiger partial charge in [-0.1, -0.05) is 17.3 Å². The van der Waals surface area contributed by atoms with E-state index in [1.54, 1.807) is 24.3 Å². The number of hydrogen-bond acceptors (Lipinski definition) is 5. The number of nitrogens with one attached hydrogen (secondary N) is 2. The molecule has 0 aliphatic heterocycles. The Morgan fingerprint density at radius 1 is 1.24 bits per heavy atom. The van der Waals surface area contributed by atoms with Crippen molar-refractivity contribution in [2.24, 2.45) is 10.9 Å². The van der Waals surface area contributed by atoms with E-state index in [4.69, 9.17) is 10.9 Å². The maximum Gasteiger partial charge on any atom is 0.251 e. The van der Waals surface area contributed by atoms with E-state index < -0.39 is 10.0 Å². The molecule has 0 radical (unpaired) electrons. The molecule has 9 heteroatoms. The van der Waals surface area contributed by atoms with E-state index in [0.717, 1.165) is 6.26 Å². The van der Waals surface area contributed by atoms with Gasteiger partial charge in [-0.3, -0.25) is 4.79 Å². The van der Waals surface area contributed by atoms with Crippen molar-refractivity contribution in [3.05, 3.63) is 35.4 Å². The van der Waals surface area contributed by atoms with Crippen molar-refractivity contribution in [1.82, 2.24) is 10.0 Å². The Labute approximate surface area is 123 Å². The maximum atomic E-state index is 11.8. The lowest BCUT2D eigenvalue weighted by Gasteiger charge is -2.06. The van der Waals surface area contributed by atoms with Crippen LogP contribution in [0.15, 0.2) is 29.4 Å². The van der Waals surface area contributed by atoms with Gasteiger partial charge in [0.15, 0.2) is 5.84 Å². The first-order valence-corrected chi connectivity index (χ1v) is 8.03. The highest BCUT2D eigenvalue weighted by atomic mass is 32.2. The Hall–Kier alpha value is -2.13. The normalized spacial score (nSPS) is 12.1. The Morgan fingerprint density at radius 2 is 1.81 bits per heavy atom. The SMILES string of the molecule is CS(=O)(=O)NCCCNC(=O)c1ccc(/C(N)=N/O)cc1. The molecule has 1 aromatic carbocycles. The van der Waals surface area contributed by atoms with Crippen LogP contribution in [-0.2, 0) is 10.0 Å². The van der Waals surface area contributed by atoms with Gasteiger partial charge in [-0.15, -0.1) is 0 Å². The lowest BCUT2D eigenvalue weighted by Crippen LogP contribution is -2.29. The van der Waals surface area contributed by atoms with Gasteiger partial charge in [0.2, 0.25) is 10.0 Å². The third-order valence-corrected chi connectivity index (χ3v) is 3.28. The molecular formula is C12H18N4O4S. The molecule has 5 N–H and O–H groups in total. The molecule has 0 saturated carbocycles. The van der Waals surface area contributed by atoms with E-state index in [9.17, 15) is 13.2 Å². The van der Waals surface area contributed by atoms with Crippen molar-refractivity contribution in [2.75, 3.05) is 19.3 Å². The molecule has 0 aromatic heterocycles. The molecule has 0 aliphatic rings. The highest BCUT2D eigenvalue weighted by Gasteiger charge is 2.06. The molecule has 21 heavy (non-hydrogen) atoms. The van der Waals surface area contributed by atoms with E-state index in [1.165, 1.54) is 0 Å². The van der Waals surface area contributed by atoms with Gasteiger partial charge in [0.05, 0.1) is 6.26 Å². The summed E-state index contributed by atoms with van der Waals surface area (Å²) in [7, 11) is -3.20. The van der Waals surface area contributed by atoms with Gasteiger partial charge in [-0.05, 0) is 18.6 Å². The summed E-state index contributed by atoms with van der Waals surface area (Å²) in [6.07, 6.45) is 1.57. The molecule has 8 nitrogen and oxygen atoms in total. The first-order valence-electron chi connectivity index (χ1n) is 6.14. The third kappa shape index (κ3) is 6.23. The van der Waals surface area contributed by atoms with Gasteiger partial charge in [-0.25, -0.2) is 13.1 Å². The Morgan fingerprint density at radius 3 is 2.33 bits per heavy atom. The lowest BCUT2D eigenvalue weighted by molar-refractivity contribution is 0.0953. The fourth-order valence-electron chi connectivity index (χ4n) is 1.50. The summed E-state index contributed by atoms with van der Waals surface area (Å²) in [5.74, 6) is -0.311. The first-order chi connectivity index (χ1) is 9.83. The van der Waals surface area contributed by atoms with Crippen LogP contribution < -0.4 is 15.8 Å². The van der Waals surface area contributed by atoms with Crippen molar-refractivity contribution in [2.45, 2.75) is 6.42 Å². The number of carbonyl (C=O) groups excluding carboxylic acids is 1. The molecule has 0 bridgehead atoms. The molecule has 0 unspecified atom stereocenters. The maximum absolute atomic E-state index is 11.8. The zero-order valence-corrected chi connectivity index (χ0v) is 12.4. The molecule has 116 valence electrons. The molecule has 0 atom stereocenters. The van der Waals surface area contributed by atoms with Gasteiger partial charge >= 0.3 is 0 Å². The van der Waals surface area contributed by atoms with Crippen LogP contribution in [0.2, 0.25) is 0 Å². The number of oxime groups is 1. The predicted molar refractivity (Wildman–Crippen MR) is 78.7 cm³/mol. The Balaban J connectivity index is 2.42. The molecule has 1 aromatic rings.